The highest BCUT2D eigenvalue weighted by Crippen LogP contribution is 2.42. The Balaban J connectivity index is 1.46. The molecular weight excluding hydrogens is 540 g/mol. The summed E-state index contributed by atoms with van der Waals surface area (Å²) in [5.74, 6) is 0.749. The Labute approximate surface area is 253 Å². The molecule has 0 N–H and O–H groups in total. The molecule has 0 aliphatic heterocycles. The first-order valence-electron chi connectivity index (χ1n) is 14.4. The average molecular weight is 565 g/mol. The predicted octanol–water partition coefficient (Wildman–Crippen LogP) is 9.30. The molecule has 2 aromatic heterocycles. The highest BCUT2D eigenvalue weighted by atomic mass is 16.5. The van der Waals surface area contributed by atoms with Gasteiger partial charge in [0.2, 0.25) is 0 Å². The molecule has 0 aliphatic rings. The minimum atomic E-state index is 0.352. The van der Waals surface area contributed by atoms with E-state index in [1.165, 1.54) is 10.8 Å². The Kier molecular flexibility index (Phi) is 5.72. The maximum Gasteiger partial charge on any atom is 0.119 e. The van der Waals surface area contributed by atoms with Gasteiger partial charge in [0.25, 0.3) is 0 Å². The van der Waals surface area contributed by atoms with Crippen molar-refractivity contribution >= 4 is 43.6 Å². The highest BCUT2D eigenvalue weighted by Gasteiger charge is 2.21. The SMILES string of the molecule is COc1ccc2c(c1)c1c(-c3ccc4c(c3)c3ccccc3n4-c3ccccc3)cccc1n2-c1cccc(C#N)c1C#N. The summed E-state index contributed by atoms with van der Waals surface area (Å²) >= 11 is 0. The second kappa shape index (κ2) is 9.91. The van der Waals surface area contributed by atoms with Crippen molar-refractivity contribution in [1.82, 2.24) is 9.13 Å². The largest absolute Gasteiger partial charge is 0.497 e. The third-order valence-corrected chi connectivity index (χ3v) is 8.51. The number of hydrogen-bond donors (Lipinski definition) is 0. The first kappa shape index (κ1) is 25.4. The molecule has 0 bridgehead atoms. The maximum absolute atomic E-state index is 10.1. The number of aromatic nitrogens is 2. The first-order chi connectivity index (χ1) is 21.7. The van der Waals surface area contributed by atoms with Gasteiger partial charge in [-0.05, 0) is 77.9 Å². The summed E-state index contributed by atoms with van der Waals surface area (Å²) in [7, 11) is 1.67. The van der Waals surface area contributed by atoms with Crippen LogP contribution in [-0.4, -0.2) is 16.2 Å². The second-order valence-electron chi connectivity index (χ2n) is 10.8. The molecule has 206 valence electrons. The van der Waals surface area contributed by atoms with Crippen LogP contribution in [-0.2, 0) is 0 Å². The zero-order valence-corrected chi connectivity index (χ0v) is 23.8. The minimum Gasteiger partial charge on any atom is -0.497 e. The van der Waals surface area contributed by atoms with E-state index in [0.717, 1.165) is 55.4 Å². The lowest BCUT2D eigenvalue weighted by Gasteiger charge is -2.11. The molecule has 0 fully saturated rings. The number of methoxy groups -OCH3 is 1. The second-order valence-corrected chi connectivity index (χ2v) is 10.8. The predicted molar refractivity (Wildman–Crippen MR) is 177 cm³/mol. The quantitative estimate of drug-likeness (QED) is 0.214. The molecule has 0 radical (unpaired) electrons. The van der Waals surface area contributed by atoms with Crippen LogP contribution in [0.2, 0.25) is 0 Å². The number of rotatable bonds is 4. The molecule has 6 aromatic carbocycles. The van der Waals surface area contributed by atoms with Gasteiger partial charge in [0.05, 0.1) is 46.0 Å². The molecule has 0 spiro atoms. The Hall–Kier alpha value is -6.30. The normalized spacial score (nSPS) is 11.2. The Morgan fingerprint density at radius 1 is 0.568 bits per heavy atom. The van der Waals surface area contributed by atoms with E-state index in [9.17, 15) is 10.5 Å². The van der Waals surface area contributed by atoms with Crippen LogP contribution < -0.4 is 4.74 Å². The van der Waals surface area contributed by atoms with Crippen LogP contribution in [0.3, 0.4) is 0 Å². The third kappa shape index (κ3) is 3.64. The van der Waals surface area contributed by atoms with E-state index in [-0.39, 0.29) is 0 Å². The van der Waals surface area contributed by atoms with Crippen molar-refractivity contribution in [1.29, 1.82) is 10.5 Å². The van der Waals surface area contributed by atoms with Gasteiger partial charge in [-0.25, -0.2) is 0 Å². The number of ether oxygens (including phenoxy) is 1. The van der Waals surface area contributed by atoms with Gasteiger partial charge in [-0.3, -0.25) is 0 Å². The molecule has 0 saturated heterocycles. The van der Waals surface area contributed by atoms with Crippen LogP contribution in [0.25, 0.3) is 66.1 Å². The molecule has 8 aromatic rings. The standard InChI is InChI=1S/C39H24N4O/c1-44-28-18-20-37-32(22-28)39-29(13-8-16-38(39)43(37)35-15-7-9-26(23-40)33(35)24-41)25-17-19-36-31(21-25)30-12-5-6-14-34(30)42(36)27-10-3-2-4-11-27/h2-22H,1H3. The number of para-hydroxylation sites is 2. The summed E-state index contributed by atoms with van der Waals surface area (Å²) in [4.78, 5) is 0. The number of hydrogen-bond acceptors (Lipinski definition) is 3. The number of nitriles is 2. The Morgan fingerprint density at radius 3 is 2.11 bits per heavy atom. The van der Waals surface area contributed by atoms with Gasteiger partial charge in [-0.15, -0.1) is 0 Å². The Bertz CT molecular complexity index is 2510. The third-order valence-electron chi connectivity index (χ3n) is 8.51. The fourth-order valence-corrected chi connectivity index (χ4v) is 6.61. The number of benzene rings is 6. The van der Waals surface area contributed by atoms with Gasteiger partial charge >= 0.3 is 0 Å². The summed E-state index contributed by atoms with van der Waals surface area (Å²) in [6, 6.07) is 47.9. The smallest absolute Gasteiger partial charge is 0.119 e. The van der Waals surface area contributed by atoms with Crippen LogP contribution in [0.5, 0.6) is 5.75 Å². The Morgan fingerprint density at radius 2 is 1.30 bits per heavy atom. The van der Waals surface area contributed by atoms with Crippen molar-refractivity contribution in [3.63, 3.8) is 0 Å². The molecule has 0 aliphatic carbocycles. The topological polar surface area (TPSA) is 66.7 Å². The molecule has 5 nitrogen and oxygen atoms in total. The van der Waals surface area contributed by atoms with Crippen molar-refractivity contribution in [2.75, 3.05) is 7.11 Å². The lowest BCUT2D eigenvalue weighted by atomic mass is 9.97. The lowest BCUT2D eigenvalue weighted by molar-refractivity contribution is 0.415. The molecule has 0 atom stereocenters. The minimum absolute atomic E-state index is 0.352. The van der Waals surface area contributed by atoms with Crippen LogP contribution in [0.1, 0.15) is 11.1 Å². The highest BCUT2D eigenvalue weighted by molar-refractivity contribution is 6.17. The van der Waals surface area contributed by atoms with Gasteiger partial charge in [-0.2, -0.15) is 10.5 Å². The monoisotopic (exact) mass is 564 g/mol. The molecule has 0 amide bonds. The van der Waals surface area contributed by atoms with Crippen LogP contribution in [0.4, 0.5) is 0 Å². The fourth-order valence-electron chi connectivity index (χ4n) is 6.61. The lowest BCUT2D eigenvalue weighted by Crippen LogP contribution is -1.99. The van der Waals surface area contributed by atoms with Gasteiger partial charge in [0.1, 0.15) is 17.9 Å². The van der Waals surface area contributed by atoms with E-state index in [4.69, 9.17) is 4.74 Å². The van der Waals surface area contributed by atoms with Crippen molar-refractivity contribution in [3.05, 3.63) is 139 Å². The van der Waals surface area contributed by atoms with E-state index >= 15 is 0 Å². The molecule has 0 unspecified atom stereocenters. The summed E-state index contributed by atoms with van der Waals surface area (Å²) in [6.07, 6.45) is 0. The first-order valence-corrected chi connectivity index (χ1v) is 14.4. The summed E-state index contributed by atoms with van der Waals surface area (Å²) in [5.41, 5.74) is 8.85. The van der Waals surface area contributed by atoms with Crippen LogP contribution in [0, 0.1) is 22.7 Å². The molecule has 2 heterocycles. The summed E-state index contributed by atoms with van der Waals surface area (Å²) < 4.78 is 10.1. The molecule has 0 saturated carbocycles. The van der Waals surface area contributed by atoms with Gasteiger partial charge in [0.15, 0.2) is 0 Å². The van der Waals surface area contributed by atoms with Gasteiger partial charge < -0.3 is 13.9 Å². The van der Waals surface area contributed by atoms with Crippen molar-refractivity contribution in [3.8, 4) is 40.4 Å². The average Bonchev–Trinajstić information content (AvgIpc) is 3.60. The van der Waals surface area contributed by atoms with E-state index in [1.807, 2.05) is 30.3 Å². The maximum atomic E-state index is 10.1. The summed E-state index contributed by atoms with van der Waals surface area (Å²) in [5, 5.41) is 24.3. The van der Waals surface area contributed by atoms with Crippen LogP contribution in [0.15, 0.2) is 127 Å². The van der Waals surface area contributed by atoms with Crippen LogP contribution >= 0.6 is 0 Å². The van der Waals surface area contributed by atoms with Crippen molar-refractivity contribution in [2.24, 2.45) is 0 Å². The van der Waals surface area contributed by atoms with E-state index < -0.39 is 0 Å². The van der Waals surface area contributed by atoms with Gasteiger partial charge in [-0.1, -0.05) is 60.7 Å². The zero-order chi connectivity index (χ0) is 29.8. The molecule has 5 heteroatoms. The molecule has 8 rings (SSSR count). The van der Waals surface area contributed by atoms with Crippen molar-refractivity contribution < 1.29 is 4.74 Å². The molecule has 44 heavy (non-hydrogen) atoms. The summed E-state index contributed by atoms with van der Waals surface area (Å²) in [6.45, 7) is 0. The van der Waals surface area contributed by atoms with Crippen molar-refractivity contribution in [2.45, 2.75) is 0 Å². The number of fused-ring (bicyclic) bond motifs is 6. The molecular formula is C39H24N4O. The van der Waals surface area contributed by atoms with E-state index in [1.54, 1.807) is 13.2 Å². The fraction of sp³-hybridized carbons (Fsp3) is 0.0256. The number of nitrogens with zero attached hydrogens (tertiary/aromatic N) is 4. The van der Waals surface area contributed by atoms with E-state index in [0.29, 0.717) is 16.8 Å². The van der Waals surface area contributed by atoms with E-state index in [2.05, 4.69) is 112 Å². The zero-order valence-electron chi connectivity index (χ0n) is 23.8. The van der Waals surface area contributed by atoms with Gasteiger partial charge in [0, 0.05) is 27.2 Å².